The van der Waals surface area contributed by atoms with Crippen molar-refractivity contribution in [2.45, 2.75) is 11.8 Å². The maximum atomic E-state index is 12.9. The van der Waals surface area contributed by atoms with Gasteiger partial charge in [0, 0.05) is 24.2 Å². The van der Waals surface area contributed by atoms with Crippen molar-refractivity contribution in [2.24, 2.45) is 0 Å². The van der Waals surface area contributed by atoms with Gasteiger partial charge in [0.2, 0.25) is 10.0 Å². The molecule has 1 saturated heterocycles. The quantitative estimate of drug-likeness (QED) is 0.710. The molecule has 0 bridgehead atoms. The van der Waals surface area contributed by atoms with Crippen molar-refractivity contribution in [2.75, 3.05) is 26.3 Å². The van der Waals surface area contributed by atoms with E-state index in [0.29, 0.717) is 48.2 Å². The molecule has 4 rings (SSSR count). The smallest absolute Gasteiger partial charge is 0.243 e. The maximum absolute atomic E-state index is 12.9. The summed E-state index contributed by atoms with van der Waals surface area (Å²) in [6.45, 7) is 3.34. The van der Waals surface area contributed by atoms with Crippen LogP contribution in [0.5, 0.6) is 5.75 Å². The zero-order valence-electron chi connectivity index (χ0n) is 15.9. The first-order valence-corrected chi connectivity index (χ1v) is 10.7. The minimum Gasteiger partial charge on any atom is -0.508 e. The van der Waals surface area contributed by atoms with Crippen LogP contribution in [-0.4, -0.2) is 54.1 Å². The average molecular weight is 411 g/mol. The van der Waals surface area contributed by atoms with Gasteiger partial charge in [-0.15, -0.1) is 0 Å². The summed E-state index contributed by atoms with van der Waals surface area (Å²) in [5, 5.41) is 9.46. The molecule has 0 amide bonds. The van der Waals surface area contributed by atoms with Crippen LogP contribution in [0.3, 0.4) is 0 Å². The van der Waals surface area contributed by atoms with Gasteiger partial charge in [0.1, 0.15) is 5.75 Å². The van der Waals surface area contributed by atoms with Crippen LogP contribution in [0.1, 0.15) is 5.56 Å². The van der Waals surface area contributed by atoms with Crippen LogP contribution in [0.15, 0.2) is 59.8 Å². The van der Waals surface area contributed by atoms with Gasteiger partial charge in [-0.2, -0.15) is 4.31 Å². The van der Waals surface area contributed by atoms with Crippen molar-refractivity contribution in [3.63, 3.8) is 0 Å². The van der Waals surface area contributed by atoms with Crippen LogP contribution in [-0.2, 0) is 14.8 Å². The molecular weight excluding hydrogens is 390 g/mol. The van der Waals surface area contributed by atoms with E-state index >= 15 is 0 Å². The number of hydrogen-bond acceptors (Lipinski definition) is 6. The Morgan fingerprint density at radius 1 is 0.966 bits per heavy atom. The van der Waals surface area contributed by atoms with E-state index in [1.807, 2.05) is 6.07 Å². The van der Waals surface area contributed by atoms with Crippen LogP contribution in [0, 0.1) is 6.92 Å². The lowest BCUT2D eigenvalue weighted by Crippen LogP contribution is -2.40. The highest BCUT2D eigenvalue weighted by atomic mass is 32.2. The molecule has 1 aliphatic heterocycles. The highest BCUT2D eigenvalue weighted by Crippen LogP contribution is 2.27. The SMILES string of the molecule is Cc1cc(-c2cncc(-c3ccc(O)cc3)n2)ccc1S(=O)(=O)N1CCOCC1. The minimum atomic E-state index is -3.55. The fourth-order valence-corrected chi connectivity index (χ4v) is 4.91. The Hall–Kier alpha value is -2.81. The lowest BCUT2D eigenvalue weighted by atomic mass is 10.1. The van der Waals surface area contributed by atoms with Gasteiger partial charge in [-0.25, -0.2) is 13.4 Å². The van der Waals surface area contributed by atoms with Crippen molar-refractivity contribution < 1.29 is 18.3 Å². The maximum Gasteiger partial charge on any atom is 0.243 e. The number of morpholine rings is 1. The largest absolute Gasteiger partial charge is 0.508 e. The number of nitrogens with zero attached hydrogens (tertiary/aromatic N) is 3. The van der Waals surface area contributed by atoms with E-state index in [4.69, 9.17) is 4.74 Å². The third-order valence-electron chi connectivity index (χ3n) is 4.86. The first kappa shape index (κ1) is 19.5. The Bertz CT molecular complexity index is 1120. The summed E-state index contributed by atoms with van der Waals surface area (Å²) in [6, 6.07) is 11.9. The standard InChI is InChI=1S/C21H21N3O4S/c1-15-12-17(4-7-21(15)29(26,27)24-8-10-28-11-9-24)20-14-22-13-19(23-20)16-2-5-18(25)6-3-16/h2-7,12-14,25H,8-11H2,1H3. The molecule has 2 aromatic carbocycles. The van der Waals surface area contributed by atoms with E-state index in [0.717, 1.165) is 11.1 Å². The number of aromatic nitrogens is 2. The van der Waals surface area contributed by atoms with E-state index in [1.165, 1.54) is 4.31 Å². The molecule has 1 fully saturated rings. The summed E-state index contributed by atoms with van der Waals surface area (Å²) >= 11 is 0. The molecule has 1 N–H and O–H groups in total. The van der Waals surface area contributed by atoms with Gasteiger partial charge in [0.05, 0.1) is 41.9 Å². The van der Waals surface area contributed by atoms with Crippen LogP contribution in [0.2, 0.25) is 0 Å². The summed E-state index contributed by atoms with van der Waals surface area (Å²) in [7, 11) is -3.55. The molecule has 3 aromatic rings. The fourth-order valence-electron chi connectivity index (χ4n) is 3.30. The Morgan fingerprint density at radius 3 is 2.24 bits per heavy atom. The van der Waals surface area contributed by atoms with Crippen LogP contribution < -0.4 is 0 Å². The average Bonchev–Trinajstić information content (AvgIpc) is 2.75. The van der Waals surface area contributed by atoms with Gasteiger partial charge < -0.3 is 9.84 Å². The number of hydrogen-bond donors (Lipinski definition) is 1. The predicted octanol–water partition coefficient (Wildman–Crippen LogP) is 2.85. The second-order valence-corrected chi connectivity index (χ2v) is 8.74. The first-order valence-electron chi connectivity index (χ1n) is 9.25. The van der Waals surface area contributed by atoms with Crippen molar-refractivity contribution in [1.82, 2.24) is 14.3 Å². The monoisotopic (exact) mass is 411 g/mol. The molecule has 0 radical (unpaired) electrons. The molecule has 0 aliphatic carbocycles. The summed E-state index contributed by atoms with van der Waals surface area (Å²) in [6.07, 6.45) is 3.30. The number of sulfonamides is 1. The zero-order valence-corrected chi connectivity index (χ0v) is 16.8. The lowest BCUT2D eigenvalue weighted by Gasteiger charge is -2.26. The van der Waals surface area contributed by atoms with Gasteiger partial charge in [0.15, 0.2) is 0 Å². The van der Waals surface area contributed by atoms with Gasteiger partial charge >= 0.3 is 0 Å². The third kappa shape index (κ3) is 4.00. The Balaban J connectivity index is 1.66. The van der Waals surface area contributed by atoms with Crippen LogP contribution in [0.25, 0.3) is 22.5 Å². The number of aryl methyl sites for hydroxylation is 1. The Kier molecular flexibility index (Phi) is 5.31. The Labute approximate surface area is 169 Å². The van der Waals surface area contributed by atoms with Crippen LogP contribution in [0.4, 0.5) is 0 Å². The molecule has 0 spiro atoms. The molecule has 0 unspecified atom stereocenters. The molecule has 2 heterocycles. The zero-order chi connectivity index (χ0) is 20.4. The second-order valence-electron chi connectivity index (χ2n) is 6.83. The van der Waals surface area contributed by atoms with Crippen molar-refractivity contribution in [1.29, 1.82) is 0 Å². The number of aromatic hydroxyl groups is 1. The third-order valence-corrected chi connectivity index (χ3v) is 6.92. The van der Waals surface area contributed by atoms with E-state index < -0.39 is 10.0 Å². The molecule has 0 atom stereocenters. The molecule has 7 nitrogen and oxygen atoms in total. The molecule has 1 aliphatic rings. The molecular formula is C21H21N3O4S. The molecule has 8 heteroatoms. The van der Waals surface area contributed by atoms with E-state index in [9.17, 15) is 13.5 Å². The van der Waals surface area contributed by atoms with Gasteiger partial charge in [0.25, 0.3) is 0 Å². The van der Waals surface area contributed by atoms with Crippen molar-refractivity contribution >= 4 is 10.0 Å². The lowest BCUT2D eigenvalue weighted by molar-refractivity contribution is 0.0730. The molecule has 1 aromatic heterocycles. The summed E-state index contributed by atoms with van der Waals surface area (Å²) in [5.41, 5.74) is 3.60. The normalized spacial score (nSPS) is 15.3. The van der Waals surface area contributed by atoms with Gasteiger partial charge in [-0.05, 0) is 48.9 Å². The van der Waals surface area contributed by atoms with Crippen molar-refractivity contribution in [3.8, 4) is 28.3 Å². The molecule has 0 saturated carbocycles. The van der Waals surface area contributed by atoms with E-state index in [-0.39, 0.29) is 5.75 Å². The summed E-state index contributed by atoms with van der Waals surface area (Å²) in [4.78, 5) is 9.21. The molecule has 29 heavy (non-hydrogen) atoms. The highest BCUT2D eigenvalue weighted by Gasteiger charge is 2.27. The van der Waals surface area contributed by atoms with Crippen LogP contribution >= 0.6 is 0 Å². The molecule has 150 valence electrons. The number of phenols is 1. The number of benzene rings is 2. The summed E-state index contributed by atoms with van der Waals surface area (Å²) in [5.74, 6) is 0.186. The summed E-state index contributed by atoms with van der Waals surface area (Å²) < 4.78 is 32.6. The Morgan fingerprint density at radius 2 is 1.59 bits per heavy atom. The van der Waals surface area contributed by atoms with Gasteiger partial charge in [-0.1, -0.05) is 6.07 Å². The number of ether oxygens (including phenoxy) is 1. The fraction of sp³-hybridized carbons (Fsp3) is 0.238. The number of rotatable bonds is 4. The predicted molar refractivity (Wildman–Crippen MR) is 109 cm³/mol. The minimum absolute atomic E-state index is 0.186. The number of phenolic OH excluding ortho intramolecular Hbond substituents is 1. The first-order chi connectivity index (χ1) is 13.9. The van der Waals surface area contributed by atoms with E-state index in [1.54, 1.807) is 55.7 Å². The van der Waals surface area contributed by atoms with E-state index in [2.05, 4.69) is 9.97 Å². The van der Waals surface area contributed by atoms with Crippen molar-refractivity contribution in [3.05, 3.63) is 60.4 Å². The highest BCUT2D eigenvalue weighted by molar-refractivity contribution is 7.89. The second kappa shape index (κ2) is 7.90. The van der Waals surface area contributed by atoms with Gasteiger partial charge in [-0.3, -0.25) is 4.98 Å². The topological polar surface area (TPSA) is 92.6 Å².